The number of rotatable bonds is 3. The number of carbonyl (C=O) groups is 2. The Kier molecular flexibility index (Phi) is 3.88. The minimum atomic E-state index is -0.549. The number of fused-ring (bicyclic) bond motifs is 1. The van der Waals surface area contributed by atoms with Gasteiger partial charge >= 0.3 is 0 Å². The fourth-order valence-corrected chi connectivity index (χ4v) is 3.33. The summed E-state index contributed by atoms with van der Waals surface area (Å²) in [5.74, 6) is -0.386. The van der Waals surface area contributed by atoms with Crippen molar-refractivity contribution in [3.8, 4) is 0 Å². The quantitative estimate of drug-likeness (QED) is 0.766. The lowest BCUT2D eigenvalue weighted by atomic mass is 10.1. The monoisotopic (exact) mass is 342 g/mol. The third-order valence-corrected chi connectivity index (χ3v) is 4.49. The molecule has 0 saturated heterocycles. The Balaban J connectivity index is 2.00. The first-order chi connectivity index (χ1) is 11.3. The smallest absolute Gasteiger partial charge is 0.268 e. The van der Waals surface area contributed by atoms with Crippen molar-refractivity contribution in [1.29, 1.82) is 0 Å². The third kappa shape index (κ3) is 2.90. The Morgan fingerprint density at radius 3 is 2.58 bits per heavy atom. The zero-order chi connectivity index (χ0) is 17.5. The SMILES string of the molecule is CC(C)(C)n1c(NC(=O)c2cc(C(N)=O)cs2)nc2ccccc21. The minimum Gasteiger partial charge on any atom is -0.366 e. The van der Waals surface area contributed by atoms with Gasteiger partial charge in [0.25, 0.3) is 5.91 Å². The molecular weight excluding hydrogens is 324 g/mol. The Morgan fingerprint density at radius 1 is 1.25 bits per heavy atom. The van der Waals surface area contributed by atoms with Gasteiger partial charge in [-0.25, -0.2) is 4.98 Å². The zero-order valence-corrected chi connectivity index (χ0v) is 14.5. The predicted octanol–water partition coefficient (Wildman–Crippen LogP) is 3.20. The number of nitrogens with zero attached hydrogens (tertiary/aromatic N) is 2. The molecule has 0 bridgehead atoms. The molecule has 0 spiro atoms. The van der Waals surface area contributed by atoms with E-state index < -0.39 is 5.91 Å². The molecule has 2 heterocycles. The van der Waals surface area contributed by atoms with Crippen LogP contribution in [-0.2, 0) is 5.54 Å². The average Bonchev–Trinajstić information content (AvgIpc) is 3.10. The van der Waals surface area contributed by atoms with E-state index in [1.54, 1.807) is 5.38 Å². The van der Waals surface area contributed by atoms with Gasteiger partial charge in [0, 0.05) is 10.9 Å². The number of nitrogens with two attached hydrogens (primary N) is 1. The number of carbonyl (C=O) groups excluding carboxylic acids is 2. The van der Waals surface area contributed by atoms with Gasteiger partial charge in [-0.15, -0.1) is 11.3 Å². The first-order valence-electron chi connectivity index (χ1n) is 7.45. The van der Waals surface area contributed by atoms with Gasteiger partial charge in [-0.1, -0.05) is 12.1 Å². The Bertz CT molecular complexity index is 934. The van der Waals surface area contributed by atoms with E-state index in [0.717, 1.165) is 11.0 Å². The molecule has 0 radical (unpaired) electrons. The van der Waals surface area contributed by atoms with Crippen molar-refractivity contribution in [3.05, 3.63) is 46.2 Å². The summed E-state index contributed by atoms with van der Waals surface area (Å²) < 4.78 is 1.99. The highest BCUT2D eigenvalue weighted by atomic mass is 32.1. The van der Waals surface area contributed by atoms with Crippen molar-refractivity contribution in [1.82, 2.24) is 9.55 Å². The Hall–Kier alpha value is -2.67. The molecule has 6 nitrogen and oxygen atoms in total. The lowest BCUT2D eigenvalue weighted by Gasteiger charge is -2.24. The van der Waals surface area contributed by atoms with E-state index in [0.29, 0.717) is 16.4 Å². The standard InChI is InChI=1S/C17H18N4O2S/c1-17(2,3)21-12-7-5-4-6-11(12)19-16(21)20-15(23)13-8-10(9-24-13)14(18)22/h4-9H,1-3H3,(H2,18,22)(H,19,20,23). The normalized spacial score (nSPS) is 11.6. The summed E-state index contributed by atoms with van der Waals surface area (Å²) in [6, 6.07) is 9.22. The lowest BCUT2D eigenvalue weighted by Crippen LogP contribution is -2.25. The number of hydrogen-bond donors (Lipinski definition) is 2. The summed E-state index contributed by atoms with van der Waals surface area (Å²) >= 11 is 1.18. The van der Waals surface area contributed by atoms with E-state index in [-0.39, 0.29) is 11.4 Å². The molecule has 2 aromatic heterocycles. The van der Waals surface area contributed by atoms with Gasteiger partial charge in [0.05, 0.1) is 21.5 Å². The fraction of sp³-hybridized carbons (Fsp3) is 0.235. The average molecular weight is 342 g/mol. The number of benzene rings is 1. The van der Waals surface area contributed by atoms with Crippen LogP contribution in [0.3, 0.4) is 0 Å². The second-order valence-corrected chi connectivity index (χ2v) is 7.36. The molecule has 0 aliphatic heterocycles. The molecule has 124 valence electrons. The molecule has 24 heavy (non-hydrogen) atoms. The Labute approximate surface area is 143 Å². The summed E-state index contributed by atoms with van der Waals surface area (Å²) in [6.07, 6.45) is 0. The maximum atomic E-state index is 12.5. The fourth-order valence-electron chi connectivity index (χ4n) is 2.54. The van der Waals surface area contributed by atoms with Crippen molar-refractivity contribution in [2.45, 2.75) is 26.3 Å². The zero-order valence-electron chi connectivity index (χ0n) is 13.7. The molecule has 0 atom stereocenters. The van der Waals surface area contributed by atoms with E-state index in [1.165, 1.54) is 17.4 Å². The summed E-state index contributed by atoms with van der Waals surface area (Å²) in [5, 5.41) is 4.42. The third-order valence-electron chi connectivity index (χ3n) is 3.56. The van der Waals surface area contributed by atoms with Crippen LogP contribution in [0.25, 0.3) is 11.0 Å². The number of aromatic nitrogens is 2. The van der Waals surface area contributed by atoms with Gasteiger partial charge in [0.15, 0.2) is 0 Å². The van der Waals surface area contributed by atoms with E-state index in [4.69, 9.17) is 5.73 Å². The second kappa shape index (κ2) is 5.76. The van der Waals surface area contributed by atoms with E-state index in [1.807, 2.05) is 49.6 Å². The molecule has 0 unspecified atom stereocenters. The predicted molar refractivity (Wildman–Crippen MR) is 95.5 cm³/mol. The maximum absolute atomic E-state index is 12.5. The van der Waals surface area contributed by atoms with E-state index in [9.17, 15) is 9.59 Å². The molecule has 0 aliphatic carbocycles. The van der Waals surface area contributed by atoms with Crippen LogP contribution in [0.15, 0.2) is 35.7 Å². The number of amides is 2. The van der Waals surface area contributed by atoms with Gasteiger partial charge in [0.2, 0.25) is 11.9 Å². The van der Waals surface area contributed by atoms with Gasteiger partial charge in [0.1, 0.15) is 0 Å². The van der Waals surface area contributed by atoms with Gasteiger partial charge in [-0.3, -0.25) is 14.9 Å². The number of para-hydroxylation sites is 2. The van der Waals surface area contributed by atoms with Crippen molar-refractivity contribution in [3.63, 3.8) is 0 Å². The largest absolute Gasteiger partial charge is 0.366 e. The highest BCUT2D eigenvalue weighted by Gasteiger charge is 2.23. The number of hydrogen-bond acceptors (Lipinski definition) is 4. The lowest BCUT2D eigenvalue weighted by molar-refractivity contribution is 0.100. The number of thiophene rings is 1. The first kappa shape index (κ1) is 16.2. The van der Waals surface area contributed by atoms with Crippen molar-refractivity contribution in [2.24, 2.45) is 5.73 Å². The van der Waals surface area contributed by atoms with Gasteiger partial charge in [-0.05, 0) is 39.0 Å². The molecule has 0 fully saturated rings. The Morgan fingerprint density at radius 2 is 1.96 bits per heavy atom. The highest BCUT2D eigenvalue weighted by Crippen LogP contribution is 2.28. The van der Waals surface area contributed by atoms with Gasteiger partial charge in [-0.2, -0.15) is 0 Å². The molecule has 0 saturated carbocycles. The first-order valence-corrected chi connectivity index (χ1v) is 8.33. The van der Waals surface area contributed by atoms with Crippen molar-refractivity contribution in [2.75, 3.05) is 5.32 Å². The summed E-state index contributed by atoms with van der Waals surface area (Å²) in [4.78, 5) is 28.6. The van der Waals surface area contributed by atoms with Crippen LogP contribution in [0.5, 0.6) is 0 Å². The van der Waals surface area contributed by atoms with Crippen LogP contribution in [0.1, 0.15) is 40.8 Å². The van der Waals surface area contributed by atoms with Crippen LogP contribution in [0.4, 0.5) is 5.95 Å². The minimum absolute atomic E-state index is 0.257. The van der Waals surface area contributed by atoms with Crippen LogP contribution >= 0.6 is 11.3 Å². The molecule has 3 N–H and O–H groups in total. The maximum Gasteiger partial charge on any atom is 0.268 e. The highest BCUT2D eigenvalue weighted by molar-refractivity contribution is 7.12. The van der Waals surface area contributed by atoms with Crippen LogP contribution < -0.4 is 11.1 Å². The van der Waals surface area contributed by atoms with E-state index in [2.05, 4.69) is 10.3 Å². The van der Waals surface area contributed by atoms with E-state index >= 15 is 0 Å². The molecule has 3 aromatic rings. The number of primary amides is 1. The van der Waals surface area contributed by atoms with Crippen molar-refractivity contribution < 1.29 is 9.59 Å². The summed E-state index contributed by atoms with van der Waals surface area (Å²) in [6.45, 7) is 6.15. The summed E-state index contributed by atoms with van der Waals surface area (Å²) in [7, 11) is 0. The van der Waals surface area contributed by atoms with Crippen LogP contribution in [0, 0.1) is 0 Å². The second-order valence-electron chi connectivity index (χ2n) is 6.45. The van der Waals surface area contributed by atoms with Gasteiger partial charge < -0.3 is 10.3 Å². The number of imidazole rings is 1. The summed E-state index contributed by atoms with van der Waals surface area (Å²) in [5.41, 5.74) is 7.06. The topological polar surface area (TPSA) is 90.0 Å². The molecular formula is C17H18N4O2S. The molecule has 2 amide bonds. The van der Waals surface area contributed by atoms with Crippen molar-refractivity contribution >= 4 is 40.1 Å². The molecule has 1 aromatic carbocycles. The van der Waals surface area contributed by atoms with Crippen LogP contribution in [-0.4, -0.2) is 21.4 Å². The molecule has 3 rings (SSSR count). The molecule has 0 aliphatic rings. The number of anilines is 1. The van der Waals surface area contributed by atoms with Crippen LogP contribution in [0.2, 0.25) is 0 Å². The molecule has 7 heteroatoms. The number of nitrogens with one attached hydrogen (secondary N) is 1.